The average Bonchev–Trinajstić information content (AvgIpc) is 2.16. The fourth-order valence-corrected chi connectivity index (χ4v) is 1.07. The maximum atomic E-state index is 10.4. The van der Waals surface area contributed by atoms with Crippen LogP contribution in [0.15, 0.2) is 18.2 Å². The predicted molar refractivity (Wildman–Crippen MR) is 54.1 cm³/mol. The van der Waals surface area contributed by atoms with E-state index in [1.165, 1.54) is 7.11 Å². The van der Waals surface area contributed by atoms with Gasteiger partial charge >= 0.3 is 0 Å². The molecule has 0 radical (unpaired) electrons. The van der Waals surface area contributed by atoms with Crippen molar-refractivity contribution in [2.75, 3.05) is 7.11 Å². The van der Waals surface area contributed by atoms with Crippen LogP contribution in [0.1, 0.15) is 5.56 Å². The van der Waals surface area contributed by atoms with Crippen LogP contribution >= 0.6 is 11.6 Å². The highest BCUT2D eigenvalue weighted by atomic mass is 35.5. The zero-order valence-corrected chi connectivity index (χ0v) is 8.26. The number of halogens is 1. The summed E-state index contributed by atoms with van der Waals surface area (Å²) in [7, 11) is 1.51. The van der Waals surface area contributed by atoms with E-state index in [2.05, 4.69) is 11.8 Å². The van der Waals surface area contributed by atoms with Crippen molar-refractivity contribution in [1.82, 2.24) is 0 Å². The van der Waals surface area contributed by atoms with E-state index in [0.717, 1.165) is 0 Å². The Morgan fingerprint density at radius 3 is 2.86 bits per heavy atom. The minimum Gasteiger partial charge on any atom is -0.495 e. The van der Waals surface area contributed by atoms with Crippen LogP contribution in [-0.4, -0.2) is 13.0 Å². The number of methoxy groups -OCH3 is 1. The first-order valence-corrected chi connectivity index (χ1v) is 4.16. The van der Waals surface area contributed by atoms with Crippen molar-refractivity contribution in [3.63, 3.8) is 0 Å². The number of carbonyl (C=O) groups excluding carboxylic acids is 1. The molecule has 1 rings (SSSR count). The number of primary amides is 1. The van der Waals surface area contributed by atoms with Gasteiger partial charge in [-0.1, -0.05) is 17.5 Å². The third kappa shape index (κ3) is 2.68. The van der Waals surface area contributed by atoms with Crippen LogP contribution in [0.25, 0.3) is 0 Å². The normalized spacial score (nSPS) is 8.71. The lowest BCUT2D eigenvalue weighted by atomic mass is 10.2. The van der Waals surface area contributed by atoms with E-state index >= 15 is 0 Å². The Bertz CT molecular complexity index is 418. The standard InChI is InChI=1S/C10H8ClNO2/c1-14-9-6-7(2-4-8(9)11)3-5-10(12)13/h2,4,6H,1H3,(H2,12,13). The lowest BCUT2D eigenvalue weighted by molar-refractivity contribution is -0.112. The summed E-state index contributed by atoms with van der Waals surface area (Å²) in [5, 5.41) is 0.497. The highest BCUT2D eigenvalue weighted by Crippen LogP contribution is 2.24. The van der Waals surface area contributed by atoms with Gasteiger partial charge in [0.25, 0.3) is 5.91 Å². The van der Waals surface area contributed by atoms with Gasteiger partial charge in [0.15, 0.2) is 0 Å². The SMILES string of the molecule is COc1cc(C#CC(N)=O)ccc1Cl. The number of hydrogen-bond acceptors (Lipinski definition) is 2. The quantitative estimate of drug-likeness (QED) is 0.707. The van der Waals surface area contributed by atoms with Crippen molar-refractivity contribution >= 4 is 17.5 Å². The molecule has 1 aromatic carbocycles. The number of benzene rings is 1. The number of rotatable bonds is 1. The summed E-state index contributed by atoms with van der Waals surface area (Å²) >= 11 is 5.79. The van der Waals surface area contributed by atoms with Crippen molar-refractivity contribution in [1.29, 1.82) is 0 Å². The van der Waals surface area contributed by atoms with Gasteiger partial charge in [-0.25, -0.2) is 0 Å². The van der Waals surface area contributed by atoms with Crippen LogP contribution in [0.2, 0.25) is 5.02 Å². The number of hydrogen-bond donors (Lipinski definition) is 1. The highest BCUT2D eigenvalue weighted by Gasteiger charge is 1.99. The molecule has 0 spiro atoms. The molecule has 3 nitrogen and oxygen atoms in total. The monoisotopic (exact) mass is 209 g/mol. The second-order valence-corrected chi connectivity index (χ2v) is 2.87. The van der Waals surface area contributed by atoms with E-state index in [1.54, 1.807) is 18.2 Å². The molecule has 0 saturated carbocycles. The fraction of sp³-hybridized carbons (Fsp3) is 0.100. The topological polar surface area (TPSA) is 52.3 Å². The van der Waals surface area contributed by atoms with Gasteiger partial charge in [0.1, 0.15) is 5.75 Å². The van der Waals surface area contributed by atoms with Crippen LogP contribution in [0.5, 0.6) is 5.75 Å². The summed E-state index contributed by atoms with van der Waals surface area (Å²) in [4.78, 5) is 10.4. The van der Waals surface area contributed by atoms with Crippen molar-refractivity contribution in [3.05, 3.63) is 28.8 Å². The van der Waals surface area contributed by atoms with Crippen molar-refractivity contribution in [3.8, 4) is 17.6 Å². The maximum absolute atomic E-state index is 10.4. The molecule has 0 aromatic heterocycles. The molecular formula is C10H8ClNO2. The van der Waals surface area contributed by atoms with Gasteiger partial charge in [0, 0.05) is 5.56 Å². The van der Waals surface area contributed by atoms with Gasteiger partial charge < -0.3 is 10.5 Å². The van der Waals surface area contributed by atoms with Gasteiger partial charge in [0.2, 0.25) is 0 Å². The zero-order valence-electron chi connectivity index (χ0n) is 7.50. The Kier molecular flexibility index (Phi) is 3.38. The van der Waals surface area contributed by atoms with Crippen molar-refractivity contribution < 1.29 is 9.53 Å². The van der Waals surface area contributed by atoms with Crippen LogP contribution in [0.4, 0.5) is 0 Å². The van der Waals surface area contributed by atoms with Gasteiger partial charge in [-0.3, -0.25) is 4.79 Å². The van der Waals surface area contributed by atoms with E-state index in [-0.39, 0.29) is 0 Å². The zero-order chi connectivity index (χ0) is 10.6. The van der Waals surface area contributed by atoms with Crippen molar-refractivity contribution in [2.45, 2.75) is 0 Å². The smallest absolute Gasteiger partial charge is 0.293 e. The molecule has 0 heterocycles. The fourth-order valence-electron chi connectivity index (χ4n) is 0.871. The molecule has 1 amide bonds. The molecule has 0 aliphatic heterocycles. The molecular weight excluding hydrogens is 202 g/mol. The first-order valence-electron chi connectivity index (χ1n) is 3.78. The van der Waals surface area contributed by atoms with E-state index in [1.807, 2.05) is 0 Å². The van der Waals surface area contributed by atoms with Gasteiger partial charge in [0.05, 0.1) is 12.1 Å². The van der Waals surface area contributed by atoms with Crippen molar-refractivity contribution in [2.24, 2.45) is 5.73 Å². The van der Waals surface area contributed by atoms with Crippen LogP contribution in [0.3, 0.4) is 0 Å². The Morgan fingerprint density at radius 1 is 1.57 bits per heavy atom. The average molecular weight is 210 g/mol. The first kappa shape index (κ1) is 10.4. The summed E-state index contributed by atoms with van der Waals surface area (Å²) in [6.07, 6.45) is 0. The molecule has 0 bridgehead atoms. The summed E-state index contributed by atoms with van der Waals surface area (Å²) < 4.78 is 4.98. The van der Waals surface area contributed by atoms with E-state index in [4.69, 9.17) is 22.1 Å². The Balaban J connectivity index is 3.03. The number of nitrogens with two attached hydrogens (primary N) is 1. The molecule has 14 heavy (non-hydrogen) atoms. The van der Waals surface area contributed by atoms with E-state index < -0.39 is 5.91 Å². The third-order valence-electron chi connectivity index (χ3n) is 1.48. The molecule has 0 unspecified atom stereocenters. The molecule has 0 atom stereocenters. The molecule has 0 saturated heterocycles. The Labute approximate surface area is 86.8 Å². The largest absolute Gasteiger partial charge is 0.495 e. The molecule has 0 aliphatic carbocycles. The first-order chi connectivity index (χ1) is 6.63. The predicted octanol–water partition coefficient (Wildman–Crippen LogP) is 1.19. The van der Waals surface area contributed by atoms with Crippen LogP contribution in [0, 0.1) is 11.8 Å². The van der Waals surface area contributed by atoms with E-state index in [9.17, 15) is 4.79 Å². The van der Waals surface area contributed by atoms with Gasteiger partial charge in [-0.15, -0.1) is 0 Å². The molecule has 0 fully saturated rings. The second kappa shape index (κ2) is 4.54. The summed E-state index contributed by atoms with van der Waals surface area (Å²) in [5.41, 5.74) is 5.50. The van der Waals surface area contributed by atoms with E-state index in [0.29, 0.717) is 16.3 Å². The molecule has 0 aliphatic rings. The number of ether oxygens (including phenoxy) is 1. The maximum Gasteiger partial charge on any atom is 0.293 e. The summed E-state index contributed by atoms with van der Waals surface area (Å²) in [5.74, 6) is 4.65. The lowest BCUT2D eigenvalue weighted by Gasteiger charge is -2.01. The van der Waals surface area contributed by atoms with Gasteiger partial charge in [-0.2, -0.15) is 0 Å². The van der Waals surface area contributed by atoms with Crippen LogP contribution in [-0.2, 0) is 4.79 Å². The molecule has 1 aromatic rings. The number of carbonyl (C=O) groups is 1. The Hall–Kier alpha value is -1.66. The number of amides is 1. The minimum atomic E-state index is -0.668. The summed E-state index contributed by atoms with van der Waals surface area (Å²) in [6.45, 7) is 0. The lowest BCUT2D eigenvalue weighted by Crippen LogP contribution is -2.06. The summed E-state index contributed by atoms with van der Waals surface area (Å²) in [6, 6.07) is 4.96. The van der Waals surface area contributed by atoms with Gasteiger partial charge in [-0.05, 0) is 24.1 Å². The molecule has 72 valence electrons. The Morgan fingerprint density at radius 2 is 2.29 bits per heavy atom. The third-order valence-corrected chi connectivity index (χ3v) is 1.79. The minimum absolute atomic E-state index is 0.497. The molecule has 4 heteroatoms. The highest BCUT2D eigenvalue weighted by molar-refractivity contribution is 6.32. The second-order valence-electron chi connectivity index (χ2n) is 2.46. The van der Waals surface area contributed by atoms with Crippen LogP contribution < -0.4 is 10.5 Å². The molecule has 2 N–H and O–H groups in total.